The van der Waals surface area contributed by atoms with Crippen LogP contribution in [0.5, 0.6) is 0 Å². The van der Waals surface area contributed by atoms with Gasteiger partial charge in [-0.2, -0.15) is 0 Å². The third-order valence-electron chi connectivity index (χ3n) is 2.38. The summed E-state index contributed by atoms with van der Waals surface area (Å²) in [5.74, 6) is -0.160. The number of benzene rings is 1. The first kappa shape index (κ1) is 13.1. The quantitative estimate of drug-likeness (QED) is 0.752. The lowest BCUT2D eigenvalue weighted by Crippen LogP contribution is -2.25. The molecule has 90 valence electrons. The summed E-state index contributed by atoms with van der Waals surface area (Å²) in [6.07, 6.45) is 0.241. The van der Waals surface area contributed by atoms with Crippen molar-refractivity contribution in [2.75, 3.05) is 13.2 Å². The van der Waals surface area contributed by atoms with E-state index in [9.17, 15) is 4.39 Å². The number of rotatable bonds is 6. The summed E-state index contributed by atoms with van der Waals surface area (Å²) in [5, 5.41) is 3.23. The van der Waals surface area contributed by atoms with Gasteiger partial charge < -0.3 is 10.1 Å². The van der Waals surface area contributed by atoms with Crippen LogP contribution < -0.4 is 5.32 Å². The predicted octanol–water partition coefficient (Wildman–Crippen LogP) is 2.90. The fraction of sp³-hybridized carbons (Fsp3) is 0.538. The normalized spacial score (nSPS) is 13.1. The molecule has 0 bridgehead atoms. The van der Waals surface area contributed by atoms with E-state index < -0.39 is 0 Å². The Morgan fingerprint density at radius 3 is 2.56 bits per heavy atom. The molecule has 0 aromatic heterocycles. The first-order chi connectivity index (χ1) is 7.61. The molecule has 0 unspecified atom stereocenters. The summed E-state index contributed by atoms with van der Waals surface area (Å²) in [5.41, 5.74) is 0.701. The van der Waals surface area contributed by atoms with Gasteiger partial charge in [0.15, 0.2) is 0 Å². The first-order valence-electron chi connectivity index (χ1n) is 5.70. The monoisotopic (exact) mass is 225 g/mol. The summed E-state index contributed by atoms with van der Waals surface area (Å²) >= 11 is 0. The van der Waals surface area contributed by atoms with Crippen molar-refractivity contribution < 1.29 is 9.13 Å². The van der Waals surface area contributed by atoms with Gasteiger partial charge in [0, 0.05) is 18.2 Å². The zero-order valence-electron chi connectivity index (χ0n) is 10.2. The summed E-state index contributed by atoms with van der Waals surface area (Å²) in [6, 6.07) is 6.85. The van der Waals surface area contributed by atoms with Gasteiger partial charge in [-0.25, -0.2) is 4.39 Å². The van der Waals surface area contributed by atoms with Crippen molar-refractivity contribution in [3.05, 3.63) is 35.6 Å². The minimum Gasteiger partial charge on any atom is -0.377 e. The molecule has 0 aliphatic rings. The highest BCUT2D eigenvalue weighted by Gasteiger charge is 2.08. The Bertz CT molecular complexity index is 315. The SMILES string of the molecule is CC(C)OCCN[C@H](C)c1ccccc1F. The lowest BCUT2D eigenvalue weighted by Gasteiger charge is -2.15. The Labute approximate surface area is 96.8 Å². The third kappa shape index (κ3) is 4.29. The number of hydrogen-bond donors (Lipinski definition) is 1. The van der Waals surface area contributed by atoms with Crippen molar-refractivity contribution in [3.8, 4) is 0 Å². The second-order valence-electron chi connectivity index (χ2n) is 4.12. The van der Waals surface area contributed by atoms with Crippen molar-refractivity contribution in [3.63, 3.8) is 0 Å². The van der Waals surface area contributed by atoms with E-state index in [1.807, 2.05) is 26.8 Å². The number of ether oxygens (including phenoxy) is 1. The first-order valence-corrected chi connectivity index (χ1v) is 5.70. The molecule has 0 saturated carbocycles. The van der Waals surface area contributed by atoms with E-state index in [2.05, 4.69) is 5.32 Å². The van der Waals surface area contributed by atoms with E-state index in [1.165, 1.54) is 6.07 Å². The highest BCUT2D eigenvalue weighted by molar-refractivity contribution is 5.20. The minimum absolute atomic E-state index is 0.0111. The molecule has 0 aliphatic carbocycles. The molecule has 16 heavy (non-hydrogen) atoms. The van der Waals surface area contributed by atoms with Crippen molar-refractivity contribution in [1.29, 1.82) is 0 Å². The Kier molecular flexibility index (Phi) is 5.43. The van der Waals surface area contributed by atoms with Crippen LogP contribution in [0.1, 0.15) is 32.4 Å². The van der Waals surface area contributed by atoms with Crippen molar-refractivity contribution in [2.45, 2.75) is 32.9 Å². The molecule has 1 aromatic carbocycles. The van der Waals surface area contributed by atoms with Crippen LogP contribution >= 0.6 is 0 Å². The summed E-state index contributed by atoms with van der Waals surface area (Å²) in [7, 11) is 0. The van der Waals surface area contributed by atoms with Gasteiger partial charge in [0.25, 0.3) is 0 Å². The predicted molar refractivity (Wildman–Crippen MR) is 63.9 cm³/mol. The van der Waals surface area contributed by atoms with Crippen LogP contribution in [-0.2, 0) is 4.74 Å². The number of nitrogens with one attached hydrogen (secondary N) is 1. The third-order valence-corrected chi connectivity index (χ3v) is 2.38. The van der Waals surface area contributed by atoms with E-state index in [4.69, 9.17) is 4.74 Å². The zero-order chi connectivity index (χ0) is 12.0. The largest absolute Gasteiger partial charge is 0.377 e. The summed E-state index contributed by atoms with van der Waals surface area (Å²) < 4.78 is 18.8. The second-order valence-corrected chi connectivity index (χ2v) is 4.12. The van der Waals surface area contributed by atoms with Crippen LogP contribution in [0.3, 0.4) is 0 Å². The fourth-order valence-corrected chi connectivity index (χ4v) is 1.51. The topological polar surface area (TPSA) is 21.3 Å². The van der Waals surface area contributed by atoms with Gasteiger partial charge >= 0.3 is 0 Å². The zero-order valence-corrected chi connectivity index (χ0v) is 10.2. The van der Waals surface area contributed by atoms with Crippen LogP contribution in [0.25, 0.3) is 0 Å². The molecule has 0 spiro atoms. The fourth-order valence-electron chi connectivity index (χ4n) is 1.51. The Morgan fingerprint density at radius 1 is 1.25 bits per heavy atom. The average molecular weight is 225 g/mol. The van der Waals surface area contributed by atoms with Gasteiger partial charge in [0.05, 0.1) is 12.7 Å². The van der Waals surface area contributed by atoms with Crippen LogP contribution in [0.2, 0.25) is 0 Å². The van der Waals surface area contributed by atoms with Crippen LogP contribution in [0.4, 0.5) is 4.39 Å². The van der Waals surface area contributed by atoms with Crippen LogP contribution in [-0.4, -0.2) is 19.3 Å². The molecule has 1 rings (SSSR count). The van der Waals surface area contributed by atoms with E-state index >= 15 is 0 Å². The molecule has 2 nitrogen and oxygen atoms in total. The lowest BCUT2D eigenvalue weighted by atomic mass is 10.1. The molecule has 1 aromatic rings. The molecule has 1 N–H and O–H groups in total. The van der Waals surface area contributed by atoms with E-state index in [0.717, 1.165) is 6.54 Å². The van der Waals surface area contributed by atoms with Gasteiger partial charge in [-0.3, -0.25) is 0 Å². The molecular weight excluding hydrogens is 205 g/mol. The second kappa shape index (κ2) is 6.61. The Hall–Kier alpha value is -0.930. The Balaban J connectivity index is 2.35. The molecule has 1 atom stereocenters. The maximum atomic E-state index is 13.4. The van der Waals surface area contributed by atoms with Gasteiger partial charge in [0.2, 0.25) is 0 Å². The van der Waals surface area contributed by atoms with Crippen LogP contribution in [0.15, 0.2) is 24.3 Å². The van der Waals surface area contributed by atoms with Gasteiger partial charge in [-0.1, -0.05) is 18.2 Å². The highest BCUT2D eigenvalue weighted by atomic mass is 19.1. The van der Waals surface area contributed by atoms with E-state index in [0.29, 0.717) is 12.2 Å². The number of hydrogen-bond acceptors (Lipinski definition) is 2. The van der Waals surface area contributed by atoms with Gasteiger partial charge in [-0.05, 0) is 26.8 Å². The molecule has 3 heteroatoms. The maximum absolute atomic E-state index is 13.4. The van der Waals surface area contributed by atoms with E-state index in [-0.39, 0.29) is 18.0 Å². The molecule has 0 amide bonds. The van der Waals surface area contributed by atoms with Crippen LogP contribution in [0, 0.1) is 5.82 Å². The number of halogens is 1. The van der Waals surface area contributed by atoms with Crippen molar-refractivity contribution in [2.24, 2.45) is 0 Å². The molecule has 0 fully saturated rings. The van der Waals surface area contributed by atoms with Gasteiger partial charge in [0.1, 0.15) is 5.82 Å². The molecule has 0 saturated heterocycles. The molecular formula is C13H20FNO. The standard InChI is InChI=1S/C13H20FNO/c1-10(2)16-9-8-15-11(3)12-6-4-5-7-13(12)14/h4-7,10-11,15H,8-9H2,1-3H3/t11-/m1/s1. The highest BCUT2D eigenvalue weighted by Crippen LogP contribution is 2.15. The average Bonchev–Trinajstić information content (AvgIpc) is 2.24. The van der Waals surface area contributed by atoms with E-state index in [1.54, 1.807) is 12.1 Å². The summed E-state index contributed by atoms with van der Waals surface area (Å²) in [4.78, 5) is 0. The maximum Gasteiger partial charge on any atom is 0.127 e. The smallest absolute Gasteiger partial charge is 0.127 e. The molecule has 0 heterocycles. The minimum atomic E-state index is -0.160. The Morgan fingerprint density at radius 2 is 1.94 bits per heavy atom. The lowest BCUT2D eigenvalue weighted by molar-refractivity contribution is 0.0795. The summed E-state index contributed by atoms with van der Waals surface area (Å²) in [6.45, 7) is 7.33. The molecule has 0 radical (unpaired) electrons. The van der Waals surface area contributed by atoms with Gasteiger partial charge in [-0.15, -0.1) is 0 Å². The van der Waals surface area contributed by atoms with Crippen molar-refractivity contribution >= 4 is 0 Å². The molecule has 0 aliphatic heterocycles. The van der Waals surface area contributed by atoms with Crippen molar-refractivity contribution in [1.82, 2.24) is 5.32 Å².